The first-order valence-corrected chi connectivity index (χ1v) is 12.0. The zero-order valence-electron chi connectivity index (χ0n) is 18.3. The molecule has 0 amide bonds. The minimum absolute atomic E-state index is 0.808. The minimum atomic E-state index is 0.808. The fourth-order valence-corrected chi connectivity index (χ4v) is 5.01. The van der Waals surface area contributed by atoms with E-state index in [1.165, 1.54) is 74.6 Å². The van der Waals surface area contributed by atoms with E-state index in [4.69, 9.17) is 12.2 Å². The van der Waals surface area contributed by atoms with Crippen LogP contribution in [0.1, 0.15) is 62.5 Å². The third-order valence-corrected chi connectivity index (χ3v) is 6.86. The van der Waals surface area contributed by atoms with Gasteiger partial charge in [0.05, 0.1) is 0 Å². The number of aryl methyl sites for hydroxylation is 1. The normalized spacial score (nSPS) is 16.8. The molecule has 1 saturated carbocycles. The van der Waals surface area contributed by atoms with E-state index in [0.29, 0.717) is 0 Å². The summed E-state index contributed by atoms with van der Waals surface area (Å²) in [6.07, 6.45) is 15.0. The number of nitrogens with one attached hydrogen (secondary N) is 1. The molecule has 0 unspecified atom stereocenters. The van der Waals surface area contributed by atoms with Crippen molar-refractivity contribution in [3.63, 3.8) is 0 Å². The Balaban J connectivity index is 1.42. The van der Waals surface area contributed by atoms with Crippen LogP contribution in [-0.2, 0) is 12.8 Å². The highest BCUT2D eigenvalue weighted by Gasteiger charge is 2.23. The predicted octanol–water partition coefficient (Wildman–Crippen LogP) is 5.33. The van der Waals surface area contributed by atoms with Gasteiger partial charge in [0, 0.05) is 25.3 Å². The molecule has 0 atom stereocenters. The number of rotatable bonds is 10. The molecule has 0 bridgehead atoms. The lowest BCUT2D eigenvalue weighted by Gasteiger charge is -2.26. The van der Waals surface area contributed by atoms with Gasteiger partial charge in [-0.2, -0.15) is 0 Å². The molecule has 1 aliphatic carbocycles. The Bertz CT molecular complexity index is 666. The van der Waals surface area contributed by atoms with Crippen molar-refractivity contribution in [2.75, 3.05) is 38.1 Å². The van der Waals surface area contributed by atoms with Crippen LogP contribution in [0.25, 0.3) is 0 Å². The van der Waals surface area contributed by atoms with Crippen molar-refractivity contribution >= 4 is 23.0 Å². The summed E-state index contributed by atoms with van der Waals surface area (Å²) in [6.45, 7) is 8.02. The molecule has 4 heteroatoms. The van der Waals surface area contributed by atoms with E-state index >= 15 is 0 Å². The molecule has 1 N–H and O–H groups in total. The summed E-state index contributed by atoms with van der Waals surface area (Å²) in [4.78, 5) is 4.65. The maximum absolute atomic E-state index is 5.73. The second kappa shape index (κ2) is 11.7. The maximum Gasteiger partial charge on any atom is 0.173 e. The van der Waals surface area contributed by atoms with Gasteiger partial charge in [-0.3, -0.25) is 0 Å². The van der Waals surface area contributed by atoms with Gasteiger partial charge in [0.15, 0.2) is 5.11 Å². The molecule has 1 heterocycles. The van der Waals surface area contributed by atoms with Gasteiger partial charge in [0.1, 0.15) is 0 Å². The monoisotopic (exact) mass is 413 g/mol. The topological polar surface area (TPSA) is 18.5 Å². The summed E-state index contributed by atoms with van der Waals surface area (Å²) in [5, 5.41) is 4.49. The van der Waals surface area contributed by atoms with Crippen molar-refractivity contribution in [1.82, 2.24) is 10.2 Å². The van der Waals surface area contributed by atoms with E-state index < -0.39 is 0 Å². The van der Waals surface area contributed by atoms with Gasteiger partial charge in [-0.15, -0.1) is 6.58 Å². The third kappa shape index (κ3) is 6.82. The fourth-order valence-electron chi connectivity index (χ4n) is 4.74. The van der Waals surface area contributed by atoms with Gasteiger partial charge < -0.3 is 15.1 Å². The Kier molecular flexibility index (Phi) is 9.00. The van der Waals surface area contributed by atoms with Crippen molar-refractivity contribution in [2.24, 2.45) is 5.92 Å². The summed E-state index contributed by atoms with van der Waals surface area (Å²) in [7, 11) is 2.17. The van der Waals surface area contributed by atoms with Crippen molar-refractivity contribution in [2.45, 2.75) is 64.2 Å². The van der Waals surface area contributed by atoms with Crippen LogP contribution in [0.15, 0.2) is 30.9 Å². The smallest absolute Gasteiger partial charge is 0.173 e. The Morgan fingerprint density at radius 3 is 2.86 bits per heavy atom. The molecule has 2 aliphatic rings. The molecule has 0 aromatic heterocycles. The Hall–Kier alpha value is -1.39. The molecular formula is C25H39N3S. The lowest BCUT2D eigenvalue weighted by Crippen LogP contribution is -2.41. The number of hydrogen-bond acceptors (Lipinski definition) is 2. The van der Waals surface area contributed by atoms with Crippen LogP contribution in [0, 0.1) is 5.92 Å². The molecule has 3 rings (SSSR count). The number of fused-ring (bicyclic) bond motifs is 1. The molecule has 1 fully saturated rings. The zero-order valence-corrected chi connectivity index (χ0v) is 19.1. The summed E-state index contributed by atoms with van der Waals surface area (Å²) in [5.41, 5.74) is 4.27. The number of anilines is 1. The SMILES string of the molecule is C=CCN(C)CCCCCc1ccc2c(c1)CCN2C(=S)NCC1CCCCC1. The number of unbranched alkanes of at least 4 members (excludes halogenated alkanes) is 2. The molecule has 1 aromatic rings. The fraction of sp³-hybridized carbons (Fsp3) is 0.640. The summed E-state index contributed by atoms with van der Waals surface area (Å²) in [6, 6.07) is 7.03. The highest BCUT2D eigenvalue weighted by Crippen LogP contribution is 2.30. The third-order valence-electron chi connectivity index (χ3n) is 6.50. The van der Waals surface area contributed by atoms with Gasteiger partial charge in [0.2, 0.25) is 0 Å². The second-order valence-corrected chi connectivity index (χ2v) is 9.30. The van der Waals surface area contributed by atoms with Crippen molar-refractivity contribution in [3.8, 4) is 0 Å². The second-order valence-electron chi connectivity index (χ2n) is 8.92. The zero-order chi connectivity index (χ0) is 20.5. The molecular weight excluding hydrogens is 374 g/mol. The largest absolute Gasteiger partial charge is 0.362 e. The molecule has 0 spiro atoms. The summed E-state index contributed by atoms with van der Waals surface area (Å²) in [5.74, 6) is 0.808. The summed E-state index contributed by atoms with van der Waals surface area (Å²) < 4.78 is 0. The lowest BCUT2D eigenvalue weighted by molar-refractivity contribution is 0.357. The van der Waals surface area contributed by atoms with Gasteiger partial charge in [-0.1, -0.05) is 43.9 Å². The first-order chi connectivity index (χ1) is 14.2. The minimum Gasteiger partial charge on any atom is -0.362 e. The van der Waals surface area contributed by atoms with Crippen LogP contribution in [0.3, 0.4) is 0 Å². The first-order valence-electron chi connectivity index (χ1n) is 11.6. The van der Waals surface area contributed by atoms with Crippen LogP contribution < -0.4 is 10.2 Å². The molecule has 160 valence electrons. The summed E-state index contributed by atoms with van der Waals surface area (Å²) >= 11 is 5.73. The molecule has 29 heavy (non-hydrogen) atoms. The van der Waals surface area contributed by atoms with Gasteiger partial charge in [-0.05, 0) is 87.4 Å². The molecule has 0 radical (unpaired) electrons. The number of thiocarbonyl (C=S) groups is 1. The Labute approximate surface area is 183 Å². The standard InChI is InChI=1S/C25H39N3S/c1-3-16-27(2)17-9-5-8-10-21-13-14-24-23(19-21)15-18-28(24)25(29)26-20-22-11-6-4-7-12-22/h3,13-14,19,22H,1,4-12,15-18,20H2,2H3,(H,26,29). The molecule has 1 aliphatic heterocycles. The lowest BCUT2D eigenvalue weighted by atomic mass is 9.89. The molecule has 1 aromatic carbocycles. The number of nitrogens with zero attached hydrogens (tertiary/aromatic N) is 2. The molecule has 3 nitrogen and oxygen atoms in total. The van der Waals surface area contributed by atoms with E-state index in [9.17, 15) is 0 Å². The quantitative estimate of drug-likeness (QED) is 0.317. The maximum atomic E-state index is 5.73. The van der Waals surface area contributed by atoms with Crippen molar-refractivity contribution in [1.29, 1.82) is 0 Å². The Morgan fingerprint density at radius 1 is 1.24 bits per heavy atom. The van der Waals surface area contributed by atoms with Gasteiger partial charge in [0.25, 0.3) is 0 Å². The van der Waals surface area contributed by atoms with Crippen LogP contribution in [0.2, 0.25) is 0 Å². The number of hydrogen-bond donors (Lipinski definition) is 1. The van der Waals surface area contributed by atoms with Crippen molar-refractivity contribution < 1.29 is 0 Å². The van der Waals surface area contributed by atoms with Crippen molar-refractivity contribution in [3.05, 3.63) is 42.0 Å². The van der Waals surface area contributed by atoms with E-state index in [2.05, 4.69) is 46.9 Å². The highest BCUT2D eigenvalue weighted by molar-refractivity contribution is 7.80. The van der Waals surface area contributed by atoms with Gasteiger partial charge >= 0.3 is 0 Å². The van der Waals surface area contributed by atoms with E-state index in [1.807, 2.05) is 6.08 Å². The van der Waals surface area contributed by atoms with Crippen LogP contribution >= 0.6 is 12.2 Å². The highest BCUT2D eigenvalue weighted by atomic mass is 32.1. The first kappa shape index (κ1) is 22.3. The number of likely N-dealkylation sites (N-methyl/N-ethyl adjacent to an activating group) is 1. The predicted molar refractivity (Wildman–Crippen MR) is 130 cm³/mol. The van der Waals surface area contributed by atoms with Crippen LogP contribution in [-0.4, -0.2) is 43.2 Å². The van der Waals surface area contributed by atoms with E-state index in [0.717, 1.165) is 43.6 Å². The van der Waals surface area contributed by atoms with Crippen LogP contribution in [0.5, 0.6) is 0 Å². The average Bonchev–Trinajstić information content (AvgIpc) is 3.16. The number of benzene rings is 1. The van der Waals surface area contributed by atoms with E-state index in [-0.39, 0.29) is 0 Å². The van der Waals surface area contributed by atoms with Gasteiger partial charge in [-0.25, -0.2) is 0 Å². The van der Waals surface area contributed by atoms with Crippen LogP contribution in [0.4, 0.5) is 5.69 Å². The molecule has 0 saturated heterocycles. The Morgan fingerprint density at radius 2 is 2.07 bits per heavy atom. The van der Waals surface area contributed by atoms with E-state index in [1.54, 1.807) is 0 Å². The average molecular weight is 414 g/mol.